The van der Waals surface area contributed by atoms with Crippen LogP contribution in [0.2, 0.25) is 0 Å². The summed E-state index contributed by atoms with van der Waals surface area (Å²) in [6.45, 7) is 0. The molecule has 1 N–H and O–H groups in total. The van der Waals surface area contributed by atoms with E-state index in [-0.39, 0.29) is 16.8 Å². The molecular weight excluding hydrogens is 346 g/mol. The molecule has 0 radical (unpaired) electrons. The number of aromatic nitrogens is 1. The number of fused-ring (bicyclic) bond motifs is 1. The molecule has 110 valence electrons. The molecule has 22 heavy (non-hydrogen) atoms. The molecule has 3 aromatic rings. The van der Waals surface area contributed by atoms with Gasteiger partial charge >= 0.3 is 0 Å². The molecule has 0 bridgehead atoms. The normalized spacial score (nSPS) is 10.6. The van der Waals surface area contributed by atoms with Crippen molar-refractivity contribution in [3.63, 3.8) is 0 Å². The van der Waals surface area contributed by atoms with Crippen LogP contribution in [0.25, 0.3) is 10.9 Å². The fourth-order valence-electron chi connectivity index (χ4n) is 2.28. The monoisotopic (exact) mass is 357 g/mol. The van der Waals surface area contributed by atoms with E-state index in [0.717, 1.165) is 4.47 Å². The molecule has 0 aliphatic heterocycles. The molecule has 0 fully saturated rings. The van der Waals surface area contributed by atoms with Crippen molar-refractivity contribution >= 4 is 32.6 Å². The molecule has 0 aliphatic rings. The second-order valence-corrected chi connectivity index (χ2v) is 5.70. The fraction of sp³-hybridized carbons (Fsp3) is 0.0588. The highest BCUT2D eigenvalue weighted by molar-refractivity contribution is 9.10. The number of benzene rings is 2. The van der Waals surface area contributed by atoms with Gasteiger partial charge in [-0.1, -0.05) is 28.1 Å². The van der Waals surface area contributed by atoms with Gasteiger partial charge in [0.15, 0.2) is 5.78 Å². The number of hydrogen-bond acceptors (Lipinski definition) is 3. The molecule has 1 heterocycles. The van der Waals surface area contributed by atoms with E-state index in [0.29, 0.717) is 22.2 Å². The minimum Gasteiger partial charge on any atom is -0.497 e. The van der Waals surface area contributed by atoms with Gasteiger partial charge in [-0.3, -0.25) is 9.59 Å². The van der Waals surface area contributed by atoms with Crippen molar-refractivity contribution in [2.75, 3.05) is 7.11 Å². The van der Waals surface area contributed by atoms with Crippen molar-refractivity contribution in [1.82, 2.24) is 4.98 Å². The van der Waals surface area contributed by atoms with E-state index in [1.54, 1.807) is 36.4 Å². The van der Waals surface area contributed by atoms with Gasteiger partial charge in [-0.05, 0) is 30.3 Å². The van der Waals surface area contributed by atoms with Crippen LogP contribution in [0.4, 0.5) is 0 Å². The number of ether oxygens (including phenoxy) is 1. The smallest absolute Gasteiger partial charge is 0.200 e. The lowest BCUT2D eigenvalue weighted by Gasteiger charge is -2.05. The molecule has 1 aromatic heterocycles. The first-order valence-corrected chi connectivity index (χ1v) is 7.39. The minimum absolute atomic E-state index is 0.110. The van der Waals surface area contributed by atoms with Gasteiger partial charge in [0, 0.05) is 27.1 Å². The Morgan fingerprint density at radius 2 is 2.00 bits per heavy atom. The first kappa shape index (κ1) is 14.5. The highest BCUT2D eigenvalue weighted by Gasteiger charge is 2.15. The number of pyridine rings is 1. The number of carbonyl (C=O) groups excluding carboxylic acids is 1. The Bertz CT molecular complexity index is 931. The maximum Gasteiger partial charge on any atom is 0.200 e. The second kappa shape index (κ2) is 5.77. The maximum absolute atomic E-state index is 12.6. The average Bonchev–Trinajstić information content (AvgIpc) is 2.54. The number of nitrogens with one attached hydrogen (secondary N) is 1. The third-order valence-electron chi connectivity index (χ3n) is 3.42. The number of carbonyl (C=O) groups is 1. The number of aromatic amines is 1. The number of hydrogen-bond donors (Lipinski definition) is 1. The van der Waals surface area contributed by atoms with E-state index < -0.39 is 0 Å². The molecule has 5 heteroatoms. The maximum atomic E-state index is 12.6. The number of H-pyrrole nitrogens is 1. The highest BCUT2D eigenvalue weighted by Crippen LogP contribution is 2.18. The van der Waals surface area contributed by atoms with Gasteiger partial charge < -0.3 is 9.72 Å². The zero-order valence-corrected chi connectivity index (χ0v) is 13.3. The Labute approximate surface area is 134 Å². The lowest BCUT2D eigenvalue weighted by molar-refractivity contribution is 0.103. The van der Waals surface area contributed by atoms with Crippen molar-refractivity contribution in [3.05, 3.63) is 74.5 Å². The SMILES string of the molecule is COc1ccc2[nH]cc(C(=O)c3cccc(Br)c3)c(=O)c2c1. The number of ketones is 1. The van der Waals surface area contributed by atoms with Crippen molar-refractivity contribution in [3.8, 4) is 5.75 Å². The van der Waals surface area contributed by atoms with Crippen LogP contribution in [0.3, 0.4) is 0 Å². The summed E-state index contributed by atoms with van der Waals surface area (Å²) in [6.07, 6.45) is 1.46. The van der Waals surface area contributed by atoms with Crippen molar-refractivity contribution in [2.24, 2.45) is 0 Å². The van der Waals surface area contributed by atoms with Gasteiger partial charge in [0.25, 0.3) is 0 Å². The van der Waals surface area contributed by atoms with E-state index in [1.165, 1.54) is 13.3 Å². The number of rotatable bonds is 3. The van der Waals surface area contributed by atoms with E-state index in [1.807, 2.05) is 6.07 Å². The van der Waals surface area contributed by atoms with Gasteiger partial charge in [-0.15, -0.1) is 0 Å². The van der Waals surface area contributed by atoms with Crippen molar-refractivity contribution < 1.29 is 9.53 Å². The van der Waals surface area contributed by atoms with Crippen molar-refractivity contribution in [1.29, 1.82) is 0 Å². The first-order valence-electron chi connectivity index (χ1n) is 6.60. The Morgan fingerprint density at radius 1 is 1.18 bits per heavy atom. The summed E-state index contributed by atoms with van der Waals surface area (Å²) in [7, 11) is 1.53. The van der Waals surface area contributed by atoms with Crippen LogP contribution in [0.15, 0.2) is 57.9 Å². The summed E-state index contributed by atoms with van der Waals surface area (Å²) in [4.78, 5) is 28.1. The van der Waals surface area contributed by atoms with E-state index in [2.05, 4.69) is 20.9 Å². The summed E-state index contributed by atoms with van der Waals surface area (Å²) >= 11 is 3.33. The van der Waals surface area contributed by atoms with Gasteiger partial charge in [0.2, 0.25) is 5.43 Å². The summed E-state index contributed by atoms with van der Waals surface area (Å²) in [5, 5.41) is 0.431. The molecule has 0 amide bonds. The highest BCUT2D eigenvalue weighted by atomic mass is 79.9. The molecular formula is C17H12BrNO3. The molecule has 0 spiro atoms. The molecule has 2 aromatic carbocycles. The Kier molecular flexibility index (Phi) is 3.81. The summed E-state index contributed by atoms with van der Waals surface area (Å²) < 4.78 is 5.92. The average molecular weight is 358 g/mol. The van der Waals surface area contributed by atoms with Gasteiger partial charge in [0.1, 0.15) is 5.75 Å². The number of methoxy groups -OCH3 is 1. The zero-order valence-electron chi connectivity index (χ0n) is 11.7. The van der Waals surface area contributed by atoms with Crippen LogP contribution in [0.5, 0.6) is 5.75 Å². The van der Waals surface area contributed by atoms with Crippen LogP contribution < -0.4 is 10.2 Å². The summed E-state index contributed by atoms with van der Waals surface area (Å²) in [5.74, 6) is 0.261. The lowest BCUT2D eigenvalue weighted by Crippen LogP contribution is -2.16. The van der Waals surface area contributed by atoms with E-state index in [9.17, 15) is 9.59 Å². The van der Waals surface area contributed by atoms with Crippen LogP contribution in [0, 0.1) is 0 Å². The van der Waals surface area contributed by atoms with Gasteiger partial charge in [-0.2, -0.15) is 0 Å². The molecule has 0 aliphatic carbocycles. The van der Waals surface area contributed by atoms with Crippen LogP contribution in [0.1, 0.15) is 15.9 Å². The largest absolute Gasteiger partial charge is 0.497 e. The van der Waals surface area contributed by atoms with Crippen LogP contribution >= 0.6 is 15.9 Å². The molecule has 0 atom stereocenters. The Morgan fingerprint density at radius 3 is 2.73 bits per heavy atom. The molecule has 0 unspecified atom stereocenters. The molecule has 0 saturated carbocycles. The minimum atomic E-state index is -0.313. The quantitative estimate of drug-likeness (QED) is 0.729. The van der Waals surface area contributed by atoms with Crippen LogP contribution in [-0.2, 0) is 0 Å². The fourth-order valence-corrected chi connectivity index (χ4v) is 2.68. The third kappa shape index (κ3) is 2.55. The Hall–Kier alpha value is -2.40. The van der Waals surface area contributed by atoms with Gasteiger partial charge in [0.05, 0.1) is 12.7 Å². The summed E-state index contributed by atoms with van der Waals surface area (Å²) in [6, 6.07) is 12.1. The van der Waals surface area contributed by atoms with Crippen LogP contribution in [-0.4, -0.2) is 17.9 Å². The summed E-state index contributed by atoms with van der Waals surface area (Å²) in [5.41, 5.74) is 0.926. The molecule has 4 nitrogen and oxygen atoms in total. The first-order chi connectivity index (χ1) is 10.6. The number of halogens is 1. The standard InChI is InChI=1S/C17H12BrNO3/c1-22-12-5-6-15-13(8-12)17(21)14(9-19-15)16(20)10-3-2-4-11(18)7-10/h2-9H,1H3,(H,19,21). The van der Waals surface area contributed by atoms with Gasteiger partial charge in [-0.25, -0.2) is 0 Å². The molecule has 0 saturated heterocycles. The van der Waals surface area contributed by atoms with E-state index >= 15 is 0 Å². The predicted molar refractivity (Wildman–Crippen MR) is 88.7 cm³/mol. The molecule has 3 rings (SSSR count). The van der Waals surface area contributed by atoms with E-state index in [4.69, 9.17) is 4.74 Å². The Balaban J connectivity index is 2.17. The lowest BCUT2D eigenvalue weighted by atomic mass is 10.0. The second-order valence-electron chi connectivity index (χ2n) is 4.78. The predicted octanol–water partition coefficient (Wildman–Crippen LogP) is 3.53. The topological polar surface area (TPSA) is 59.2 Å². The zero-order chi connectivity index (χ0) is 15.7. The third-order valence-corrected chi connectivity index (χ3v) is 3.91. The van der Waals surface area contributed by atoms with Crippen molar-refractivity contribution in [2.45, 2.75) is 0 Å².